The van der Waals surface area contributed by atoms with Crippen molar-refractivity contribution in [1.29, 1.82) is 0 Å². The number of hydrogen-bond donors (Lipinski definition) is 0. The van der Waals surface area contributed by atoms with E-state index in [0.717, 1.165) is 6.42 Å². The third-order valence-electron chi connectivity index (χ3n) is 4.42. The molecule has 0 amide bonds. The summed E-state index contributed by atoms with van der Waals surface area (Å²) in [5.74, 6) is 0.682. The Morgan fingerprint density at radius 2 is 2.00 bits per heavy atom. The molecule has 2 aliphatic rings. The molecule has 0 radical (unpaired) electrons. The average molecular weight is 365 g/mol. The normalized spacial score (nSPS) is 23.1. The van der Waals surface area contributed by atoms with Gasteiger partial charge in [-0.2, -0.15) is 22.0 Å². The van der Waals surface area contributed by atoms with E-state index >= 15 is 0 Å². The summed E-state index contributed by atoms with van der Waals surface area (Å²) in [6, 6.07) is 4.99. The number of morpholine rings is 1. The van der Waals surface area contributed by atoms with Crippen molar-refractivity contribution in [1.82, 2.24) is 23.7 Å². The summed E-state index contributed by atoms with van der Waals surface area (Å²) >= 11 is 0. The van der Waals surface area contributed by atoms with Crippen molar-refractivity contribution in [2.75, 3.05) is 32.8 Å². The Balaban J connectivity index is 1.58. The van der Waals surface area contributed by atoms with Crippen LogP contribution in [0.3, 0.4) is 0 Å². The second kappa shape index (κ2) is 6.79. The lowest BCUT2D eigenvalue weighted by Crippen LogP contribution is -2.48. The third kappa shape index (κ3) is 3.17. The van der Waals surface area contributed by atoms with Crippen LogP contribution in [0.25, 0.3) is 11.5 Å². The molecule has 2 fully saturated rings. The molecule has 10 heteroatoms. The molecule has 9 nitrogen and oxygen atoms in total. The van der Waals surface area contributed by atoms with Gasteiger partial charge in [-0.1, -0.05) is 11.2 Å². The zero-order valence-corrected chi connectivity index (χ0v) is 14.4. The Labute approximate surface area is 145 Å². The first kappa shape index (κ1) is 16.6. The summed E-state index contributed by atoms with van der Waals surface area (Å²) in [7, 11) is -3.57. The van der Waals surface area contributed by atoms with Crippen molar-refractivity contribution in [3.8, 4) is 11.5 Å². The number of ether oxygens (including phenoxy) is 1. The van der Waals surface area contributed by atoms with Gasteiger partial charge < -0.3 is 9.26 Å². The van der Waals surface area contributed by atoms with Crippen LogP contribution in [-0.2, 0) is 14.9 Å². The smallest absolute Gasteiger partial charge is 0.282 e. The van der Waals surface area contributed by atoms with Crippen LogP contribution in [0.15, 0.2) is 28.9 Å². The Kier molecular flexibility index (Phi) is 4.50. The maximum absolute atomic E-state index is 12.9. The molecule has 0 bridgehead atoms. The van der Waals surface area contributed by atoms with E-state index in [0.29, 0.717) is 56.7 Å². The van der Waals surface area contributed by atoms with Gasteiger partial charge in [0.25, 0.3) is 10.2 Å². The molecule has 2 aromatic rings. The van der Waals surface area contributed by atoms with E-state index in [4.69, 9.17) is 9.26 Å². The van der Waals surface area contributed by atoms with Crippen LogP contribution in [0.4, 0.5) is 0 Å². The molecule has 2 aromatic heterocycles. The minimum absolute atomic E-state index is 0.315. The van der Waals surface area contributed by atoms with E-state index in [1.807, 2.05) is 6.07 Å². The first-order valence-electron chi connectivity index (χ1n) is 8.26. The summed E-state index contributed by atoms with van der Waals surface area (Å²) in [6.45, 7) is 2.03. The molecular weight excluding hydrogens is 346 g/mol. The molecule has 2 aliphatic heterocycles. The number of aromatic nitrogens is 3. The predicted molar refractivity (Wildman–Crippen MR) is 87.5 cm³/mol. The van der Waals surface area contributed by atoms with E-state index in [1.54, 1.807) is 18.3 Å². The van der Waals surface area contributed by atoms with Crippen LogP contribution in [0.1, 0.15) is 24.8 Å². The lowest BCUT2D eigenvalue weighted by molar-refractivity contribution is 0.0696. The van der Waals surface area contributed by atoms with Crippen molar-refractivity contribution >= 4 is 10.2 Å². The quantitative estimate of drug-likeness (QED) is 0.791. The second-order valence-electron chi connectivity index (χ2n) is 5.96. The van der Waals surface area contributed by atoms with Gasteiger partial charge in [-0.05, 0) is 25.0 Å². The van der Waals surface area contributed by atoms with E-state index in [1.165, 1.54) is 8.61 Å². The van der Waals surface area contributed by atoms with Crippen LogP contribution < -0.4 is 0 Å². The highest BCUT2D eigenvalue weighted by Gasteiger charge is 2.41. The second-order valence-corrected chi connectivity index (χ2v) is 7.84. The molecule has 0 N–H and O–H groups in total. The molecule has 134 valence electrons. The lowest BCUT2D eigenvalue weighted by Gasteiger charge is -2.31. The number of hydrogen-bond acceptors (Lipinski definition) is 7. The monoisotopic (exact) mass is 365 g/mol. The minimum Gasteiger partial charge on any atom is -0.379 e. The van der Waals surface area contributed by atoms with Crippen LogP contribution in [0.5, 0.6) is 0 Å². The van der Waals surface area contributed by atoms with Crippen LogP contribution in [0, 0.1) is 0 Å². The first-order chi connectivity index (χ1) is 12.2. The van der Waals surface area contributed by atoms with Gasteiger partial charge in [0.2, 0.25) is 11.7 Å². The van der Waals surface area contributed by atoms with E-state index < -0.39 is 16.3 Å². The topological polar surface area (TPSA) is 102 Å². The van der Waals surface area contributed by atoms with Crippen molar-refractivity contribution in [3.63, 3.8) is 0 Å². The number of rotatable bonds is 4. The SMILES string of the molecule is O=S(=O)(N1CCOCC1)N1CCCC1c1nc(-c2ccccn2)no1. The molecule has 1 atom stereocenters. The molecule has 0 aliphatic carbocycles. The fourth-order valence-corrected chi connectivity index (χ4v) is 4.94. The van der Waals surface area contributed by atoms with Gasteiger partial charge in [-0.25, -0.2) is 0 Å². The fraction of sp³-hybridized carbons (Fsp3) is 0.533. The zero-order chi connectivity index (χ0) is 17.3. The minimum atomic E-state index is -3.57. The third-order valence-corrected chi connectivity index (χ3v) is 6.46. The van der Waals surface area contributed by atoms with Gasteiger partial charge in [0.15, 0.2) is 0 Å². The summed E-state index contributed by atoms with van der Waals surface area (Å²) in [6.07, 6.45) is 3.07. The summed E-state index contributed by atoms with van der Waals surface area (Å²) < 4.78 is 39.4. The van der Waals surface area contributed by atoms with E-state index in [-0.39, 0.29) is 0 Å². The van der Waals surface area contributed by atoms with Crippen LogP contribution in [-0.4, -0.2) is 65.0 Å². The van der Waals surface area contributed by atoms with Gasteiger partial charge in [0.05, 0.1) is 13.2 Å². The summed E-state index contributed by atoms with van der Waals surface area (Å²) in [5, 5.41) is 3.96. The highest BCUT2D eigenvalue weighted by atomic mass is 32.2. The molecule has 4 heterocycles. The fourth-order valence-electron chi connectivity index (χ4n) is 3.16. The molecule has 0 spiro atoms. The maximum atomic E-state index is 12.9. The van der Waals surface area contributed by atoms with Crippen molar-refractivity contribution in [3.05, 3.63) is 30.3 Å². The molecule has 25 heavy (non-hydrogen) atoms. The van der Waals surface area contributed by atoms with Crippen LogP contribution in [0.2, 0.25) is 0 Å². The van der Waals surface area contributed by atoms with Gasteiger partial charge >= 0.3 is 0 Å². The van der Waals surface area contributed by atoms with Gasteiger partial charge in [0.1, 0.15) is 11.7 Å². The van der Waals surface area contributed by atoms with Gasteiger partial charge in [0, 0.05) is 25.8 Å². The highest BCUT2D eigenvalue weighted by Crippen LogP contribution is 2.35. The molecule has 0 aromatic carbocycles. The Bertz CT molecular complexity index is 819. The van der Waals surface area contributed by atoms with E-state index in [9.17, 15) is 8.42 Å². The zero-order valence-electron chi connectivity index (χ0n) is 13.6. The summed E-state index contributed by atoms with van der Waals surface area (Å²) in [5.41, 5.74) is 0.595. The van der Waals surface area contributed by atoms with Gasteiger partial charge in [-0.15, -0.1) is 0 Å². The van der Waals surface area contributed by atoms with Crippen molar-refractivity contribution in [2.45, 2.75) is 18.9 Å². The number of nitrogens with zero attached hydrogens (tertiary/aromatic N) is 5. The average Bonchev–Trinajstić information content (AvgIpc) is 3.33. The predicted octanol–water partition coefficient (Wildman–Crippen LogP) is 0.845. The largest absolute Gasteiger partial charge is 0.379 e. The highest BCUT2D eigenvalue weighted by molar-refractivity contribution is 7.86. The molecular formula is C15H19N5O4S. The van der Waals surface area contributed by atoms with Crippen molar-refractivity contribution < 1.29 is 17.7 Å². The molecule has 4 rings (SSSR count). The number of pyridine rings is 1. The van der Waals surface area contributed by atoms with Crippen molar-refractivity contribution in [2.24, 2.45) is 0 Å². The molecule has 1 unspecified atom stereocenters. The summed E-state index contributed by atoms with van der Waals surface area (Å²) in [4.78, 5) is 8.57. The molecule has 2 saturated heterocycles. The Morgan fingerprint density at radius 1 is 1.16 bits per heavy atom. The first-order valence-corrected chi connectivity index (χ1v) is 9.65. The Morgan fingerprint density at radius 3 is 2.76 bits per heavy atom. The standard InChI is InChI=1S/C15H19N5O4S/c21-25(22,19-8-10-23-11-9-19)20-7-3-5-13(20)15-17-14(18-24-15)12-4-1-2-6-16-12/h1-2,4,6,13H,3,5,7-11H2. The lowest BCUT2D eigenvalue weighted by atomic mass is 10.2. The van der Waals surface area contributed by atoms with Gasteiger partial charge in [-0.3, -0.25) is 4.98 Å². The Hall–Kier alpha value is -1.88. The van der Waals surface area contributed by atoms with Crippen LogP contribution >= 0.6 is 0 Å². The van der Waals surface area contributed by atoms with E-state index in [2.05, 4.69) is 15.1 Å². The maximum Gasteiger partial charge on any atom is 0.282 e. The molecule has 0 saturated carbocycles.